The van der Waals surface area contributed by atoms with Crippen molar-refractivity contribution in [2.24, 2.45) is 0 Å². The highest BCUT2D eigenvalue weighted by Gasteiger charge is 2.26. The van der Waals surface area contributed by atoms with Crippen molar-refractivity contribution in [2.75, 3.05) is 46.3 Å². The lowest BCUT2D eigenvalue weighted by Gasteiger charge is -2.27. The van der Waals surface area contributed by atoms with Crippen LogP contribution in [0.5, 0.6) is 0 Å². The Morgan fingerprint density at radius 3 is 2.39 bits per heavy atom. The van der Waals surface area contributed by atoms with Gasteiger partial charge in [-0.15, -0.1) is 0 Å². The lowest BCUT2D eigenvalue weighted by atomic mass is 10.3. The zero-order valence-electron chi connectivity index (χ0n) is 11.5. The van der Waals surface area contributed by atoms with E-state index in [0.717, 1.165) is 0 Å². The predicted molar refractivity (Wildman–Crippen MR) is 70.0 cm³/mol. The second-order valence-electron chi connectivity index (χ2n) is 4.15. The molecule has 0 aromatic heterocycles. The molecule has 7 heteroatoms. The average Bonchev–Trinajstić information content (AvgIpc) is 2.29. The molecule has 0 aliphatic heterocycles. The van der Waals surface area contributed by atoms with Gasteiger partial charge in [0.15, 0.2) is 0 Å². The van der Waals surface area contributed by atoms with E-state index >= 15 is 0 Å². The van der Waals surface area contributed by atoms with Gasteiger partial charge in [-0.1, -0.05) is 0 Å². The fourth-order valence-corrected chi connectivity index (χ4v) is 3.42. The van der Waals surface area contributed by atoms with Gasteiger partial charge in [0.05, 0.1) is 19.0 Å². The summed E-state index contributed by atoms with van der Waals surface area (Å²) in [6.45, 7) is 2.85. The molecule has 0 aliphatic rings. The molecule has 1 atom stereocenters. The van der Waals surface area contributed by atoms with Crippen LogP contribution < -0.4 is 0 Å². The van der Waals surface area contributed by atoms with E-state index in [2.05, 4.69) is 0 Å². The third kappa shape index (κ3) is 6.65. The van der Waals surface area contributed by atoms with E-state index < -0.39 is 10.0 Å². The van der Waals surface area contributed by atoms with Crippen LogP contribution in [0.4, 0.5) is 0 Å². The molecular weight excluding hydrogens is 258 g/mol. The van der Waals surface area contributed by atoms with Crippen LogP contribution in [0.25, 0.3) is 0 Å². The summed E-state index contributed by atoms with van der Waals surface area (Å²) in [6, 6.07) is -0.218. The molecule has 0 aromatic rings. The molecule has 1 unspecified atom stereocenters. The van der Waals surface area contributed by atoms with Crippen molar-refractivity contribution >= 4 is 10.0 Å². The van der Waals surface area contributed by atoms with Crippen molar-refractivity contribution in [1.29, 1.82) is 0 Å². The first-order chi connectivity index (χ1) is 8.49. The van der Waals surface area contributed by atoms with Crippen LogP contribution in [0.3, 0.4) is 0 Å². The van der Waals surface area contributed by atoms with E-state index in [9.17, 15) is 8.42 Å². The molecule has 0 rings (SSSR count). The maximum atomic E-state index is 12.2. The van der Waals surface area contributed by atoms with Crippen molar-refractivity contribution in [3.63, 3.8) is 0 Å². The van der Waals surface area contributed by atoms with Crippen LogP contribution in [0.1, 0.15) is 19.8 Å². The Balaban J connectivity index is 4.59. The number of aliphatic hydroxyl groups excluding tert-OH is 1. The van der Waals surface area contributed by atoms with Crippen molar-refractivity contribution in [3.05, 3.63) is 0 Å². The van der Waals surface area contributed by atoms with E-state index in [1.165, 1.54) is 11.4 Å². The van der Waals surface area contributed by atoms with Crippen LogP contribution in [-0.4, -0.2) is 70.2 Å². The molecule has 0 radical (unpaired) electrons. The molecule has 0 amide bonds. The highest BCUT2D eigenvalue weighted by atomic mass is 32.2. The van der Waals surface area contributed by atoms with Crippen molar-refractivity contribution in [2.45, 2.75) is 25.8 Å². The van der Waals surface area contributed by atoms with Gasteiger partial charge in [-0.05, 0) is 19.8 Å². The quantitative estimate of drug-likeness (QED) is 0.543. The number of ether oxygens (including phenoxy) is 2. The zero-order chi connectivity index (χ0) is 14.0. The number of hydrogen-bond acceptors (Lipinski definition) is 5. The number of nitrogens with zero attached hydrogens (tertiary/aromatic N) is 1. The molecule has 0 spiro atoms. The fraction of sp³-hybridized carbons (Fsp3) is 1.00. The maximum absolute atomic E-state index is 12.2. The zero-order valence-corrected chi connectivity index (χ0v) is 12.3. The molecule has 0 heterocycles. The Morgan fingerprint density at radius 1 is 1.22 bits per heavy atom. The monoisotopic (exact) mass is 283 g/mol. The molecule has 110 valence electrons. The molecular formula is C11H25NO5S. The van der Waals surface area contributed by atoms with Crippen LogP contribution >= 0.6 is 0 Å². The first-order valence-electron chi connectivity index (χ1n) is 6.07. The molecule has 18 heavy (non-hydrogen) atoms. The largest absolute Gasteiger partial charge is 0.396 e. The Kier molecular flexibility index (Phi) is 9.57. The van der Waals surface area contributed by atoms with Gasteiger partial charge in [-0.2, -0.15) is 4.31 Å². The van der Waals surface area contributed by atoms with Crippen molar-refractivity contribution < 1.29 is 23.0 Å². The number of hydrogen-bond donors (Lipinski definition) is 1. The fourth-order valence-electron chi connectivity index (χ4n) is 1.65. The Hall–Kier alpha value is -0.210. The van der Waals surface area contributed by atoms with Gasteiger partial charge in [0.1, 0.15) is 0 Å². The van der Waals surface area contributed by atoms with E-state index in [4.69, 9.17) is 14.6 Å². The summed E-state index contributed by atoms with van der Waals surface area (Å²) in [5, 5.41) is 8.69. The predicted octanol–water partition coefficient (Wildman–Crippen LogP) is 0.0720. The average molecular weight is 283 g/mol. The van der Waals surface area contributed by atoms with Gasteiger partial charge in [0.25, 0.3) is 0 Å². The molecule has 0 saturated carbocycles. The normalized spacial score (nSPS) is 14.1. The minimum absolute atomic E-state index is 0.0151. The first-order valence-corrected chi connectivity index (χ1v) is 7.68. The lowest BCUT2D eigenvalue weighted by molar-refractivity contribution is 0.119. The van der Waals surface area contributed by atoms with E-state index in [1.54, 1.807) is 7.11 Å². The first kappa shape index (κ1) is 17.8. The Labute approximate surface area is 110 Å². The highest BCUT2D eigenvalue weighted by molar-refractivity contribution is 7.89. The SMILES string of the molecule is COCCN(C(C)COC)S(=O)(=O)CCCCO. The van der Waals surface area contributed by atoms with Crippen LogP contribution in [0.2, 0.25) is 0 Å². The summed E-state index contributed by atoms with van der Waals surface area (Å²) >= 11 is 0. The Bertz CT molecular complexity index is 294. The summed E-state index contributed by atoms with van der Waals surface area (Å²) in [4.78, 5) is 0. The van der Waals surface area contributed by atoms with E-state index in [-0.39, 0.29) is 18.4 Å². The van der Waals surface area contributed by atoms with E-state index in [0.29, 0.717) is 32.6 Å². The summed E-state index contributed by atoms with van der Waals surface area (Å²) in [5.41, 5.74) is 0. The molecule has 1 N–H and O–H groups in total. The standard InChI is InChI=1S/C11H25NO5S/c1-11(10-17-3)12(6-8-16-2)18(14,15)9-5-4-7-13/h11,13H,4-10H2,1-3H3. The summed E-state index contributed by atoms with van der Waals surface area (Å²) in [5.74, 6) is 0.0470. The lowest BCUT2D eigenvalue weighted by Crippen LogP contribution is -2.44. The second-order valence-corrected chi connectivity index (χ2v) is 6.20. The van der Waals surface area contributed by atoms with Crippen LogP contribution in [-0.2, 0) is 19.5 Å². The molecule has 0 aromatic carbocycles. The number of sulfonamides is 1. The van der Waals surface area contributed by atoms with E-state index in [1.807, 2.05) is 6.92 Å². The maximum Gasteiger partial charge on any atom is 0.214 e. The van der Waals surface area contributed by atoms with Gasteiger partial charge < -0.3 is 14.6 Å². The molecule has 0 bridgehead atoms. The number of rotatable bonds is 11. The molecule has 0 aliphatic carbocycles. The summed E-state index contributed by atoms with van der Waals surface area (Å²) in [6.07, 6.45) is 0.956. The minimum Gasteiger partial charge on any atom is -0.396 e. The topological polar surface area (TPSA) is 76.1 Å². The smallest absolute Gasteiger partial charge is 0.214 e. The molecule has 0 fully saturated rings. The van der Waals surface area contributed by atoms with Gasteiger partial charge in [0, 0.05) is 33.4 Å². The van der Waals surface area contributed by atoms with Gasteiger partial charge in [-0.25, -0.2) is 8.42 Å². The minimum atomic E-state index is -3.33. The van der Waals surface area contributed by atoms with Gasteiger partial charge in [0.2, 0.25) is 10.0 Å². The van der Waals surface area contributed by atoms with Gasteiger partial charge >= 0.3 is 0 Å². The van der Waals surface area contributed by atoms with Crippen molar-refractivity contribution in [1.82, 2.24) is 4.31 Å². The number of methoxy groups -OCH3 is 2. The van der Waals surface area contributed by atoms with Crippen molar-refractivity contribution in [3.8, 4) is 0 Å². The molecule has 0 saturated heterocycles. The molecule has 6 nitrogen and oxygen atoms in total. The number of aliphatic hydroxyl groups is 1. The number of unbranched alkanes of at least 4 members (excludes halogenated alkanes) is 1. The third-order valence-electron chi connectivity index (χ3n) is 2.58. The van der Waals surface area contributed by atoms with Crippen LogP contribution in [0, 0.1) is 0 Å². The Morgan fingerprint density at radius 2 is 1.89 bits per heavy atom. The second kappa shape index (κ2) is 9.69. The van der Waals surface area contributed by atoms with Gasteiger partial charge in [-0.3, -0.25) is 0 Å². The highest BCUT2D eigenvalue weighted by Crippen LogP contribution is 2.10. The summed E-state index contributed by atoms with van der Waals surface area (Å²) in [7, 11) is -0.242. The van der Waals surface area contributed by atoms with Crippen LogP contribution in [0.15, 0.2) is 0 Å². The summed E-state index contributed by atoms with van der Waals surface area (Å²) < 4.78 is 35.7. The third-order valence-corrected chi connectivity index (χ3v) is 4.64.